The minimum Gasteiger partial charge on any atom is -0.466 e. The van der Waals surface area contributed by atoms with Gasteiger partial charge in [0.1, 0.15) is 0 Å². The van der Waals surface area contributed by atoms with E-state index >= 15 is 0 Å². The Morgan fingerprint density at radius 1 is 1.38 bits per heavy atom. The van der Waals surface area contributed by atoms with E-state index < -0.39 is 0 Å². The highest BCUT2D eigenvalue weighted by atomic mass is 32.2. The first-order valence-corrected chi connectivity index (χ1v) is 8.54. The minimum atomic E-state index is -0.271. The van der Waals surface area contributed by atoms with Crippen LogP contribution in [-0.2, 0) is 14.3 Å². The Balaban J connectivity index is 2.18. The average Bonchev–Trinajstić information content (AvgIpc) is 2.89. The van der Waals surface area contributed by atoms with E-state index in [9.17, 15) is 9.59 Å². The molecule has 1 heterocycles. The van der Waals surface area contributed by atoms with E-state index in [1.54, 1.807) is 18.7 Å². The topological polar surface area (TPSA) is 93.2 Å². The van der Waals surface area contributed by atoms with Gasteiger partial charge in [0, 0.05) is 23.8 Å². The van der Waals surface area contributed by atoms with Gasteiger partial charge in [-0.25, -0.2) is 0 Å². The first-order valence-electron chi connectivity index (χ1n) is 6.78. The van der Waals surface area contributed by atoms with Crippen LogP contribution in [0.3, 0.4) is 0 Å². The summed E-state index contributed by atoms with van der Waals surface area (Å²) in [5, 5.41) is 6.72. The molecule has 0 aliphatic rings. The second-order valence-corrected chi connectivity index (χ2v) is 5.82. The molecule has 0 aliphatic carbocycles. The number of hydrogen-bond acceptors (Lipinski definition) is 8. The molecule has 1 amide bonds. The predicted octanol–water partition coefficient (Wildman–Crippen LogP) is 1.52. The van der Waals surface area contributed by atoms with Crippen molar-refractivity contribution in [2.75, 3.05) is 30.8 Å². The van der Waals surface area contributed by atoms with Gasteiger partial charge in [-0.3, -0.25) is 14.9 Å². The van der Waals surface area contributed by atoms with Crippen molar-refractivity contribution in [3.63, 3.8) is 0 Å². The SMILES string of the molecule is CCCSc1nsc(NC(=O)CNCCC(=O)OCC)n1. The van der Waals surface area contributed by atoms with E-state index in [-0.39, 0.29) is 24.8 Å². The summed E-state index contributed by atoms with van der Waals surface area (Å²) in [6.45, 7) is 4.74. The Morgan fingerprint density at radius 2 is 2.19 bits per heavy atom. The maximum atomic E-state index is 11.6. The van der Waals surface area contributed by atoms with E-state index in [4.69, 9.17) is 4.74 Å². The highest BCUT2D eigenvalue weighted by Crippen LogP contribution is 2.20. The van der Waals surface area contributed by atoms with Crippen LogP contribution in [0.2, 0.25) is 0 Å². The van der Waals surface area contributed by atoms with E-state index in [0.29, 0.717) is 23.4 Å². The molecule has 7 nitrogen and oxygen atoms in total. The normalized spacial score (nSPS) is 10.4. The summed E-state index contributed by atoms with van der Waals surface area (Å²) < 4.78 is 8.93. The smallest absolute Gasteiger partial charge is 0.307 e. The third-order valence-electron chi connectivity index (χ3n) is 2.19. The van der Waals surface area contributed by atoms with Gasteiger partial charge in [0.05, 0.1) is 19.6 Å². The maximum absolute atomic E-state index is 11.6. The molecule has 0 radical (unpaired) electrons. The molecule has 0 aromatic carbocycles. The highest BCUT2D eigenvalue weighted by molar-refractivity contribution is 7.99. The Kier molecular flexibility index (Phi) is 8.95. The zero-order valence-electron chi connectivity index (χ0n) is 12.2. The highest BCUT2D eigenvalue weighted by Gasteiger charge is 2.08. The van der Waals surface area contributed by atoms with Crippen LogP contribution >= 0.6 is 23.3 Å². The summed E-state index contributed by atoms with van der Waals surface area (Å²) in [6.07, 6.45) is 1.30. The molecule has 1 aromatic heterocycles. The first-order chi connectivity index (χ1) is 10.2. The molecule has 0 saturated heterocycles. The van der Waals surface area contributed by atoms with Gasteiger partial charge in [-0.15, -0.1) is 0 Å². The summed E-state index contributed by atoms with van der Waals surface area (Å²) in [5.74, 6) is 0.480. The molecule has 0 unspecified atom stereocenters. The fraction of sp³-hybridized carbons (Fsp3) is 0.667. The van der Waals surface area contributed by atoms with Crippen LogP contribution in [0.5, 0.6) is 0 Å². The fourth-order valence-electron chi connectivity index (χ4n) is 1.30. The van der Waals surface area contributed by atoms with Gasteiger partial charge < -0.3 is 10.1 Å². The lowest BCUT2D eigenvalue weighted by Gasteiger charge is -2.04. The van der Waals surface area contributed by atoms with Gasteiger partial charge in [-0.2, -0.15) is 9.36 Å². The molecule has 1 rings (SSSR count). The quantitative estimate of drug-likeness (QED) is 0.381. The third kappa shape index (κ3) is 7.98. The van der Waals surface area contributed by atoms with Crippen LogP contribution in [0.4, 0.5) is 5.13 Å². The standard InChI is InChI=1S/C12H20N4O3S2/c1-3-7-20-12-15-11(21-16-12)14-9(17)8-13-6-5-10(18)19-4-2/h13H,3-8H2,1-2H3,(H,14,15,16,17). The number of rotatable bonds is 10. The molecule has 9 heteroatoms. The zero-order valence-corrected chi connectivity index (χ0v) is 13.8. The number of anilines is 1. The van der Waals surface area contributed by atoms with Gasteiger partial charge in [-0.05, 0) is 13.3 Å². The van der Waals surface area contributed by atoms with E-state index in [1.807, 2.05) is 0 Å². The number of carbonyl (C=O) groups is 2. The largest absolute Gasteiger partial charge is 0.466 e. The lowest BCUT2D eigenvalue weighted by atomic mass is 10.4. The number of thioether (sulfide) groups is 1. The summed E-state index contributed by atoms with van der Waals surface area (Å²) in [6, 6.07) is 0. The molecule has 0 bridgehead atoms. The van der Waals surface area contributed by atoms with Gasteiger partial charge >= 0.3 is 5.97 Å². The number of esters is 1. The van der Waals surface area contributed by atoms with Crippen molar-refractivity contribution in [2.45, 2.75) is 31.8 Å². The van der Waals surface area contributed by atoms with Gasteiger partial charge in [0.2, 0.25) is 16.2 Å². The Labute approximate surface area is 132 Å². The number of hydrogen-bond donors (Lipinski definition) is 2. The molecule has 0 saturated carbocycles. The summed E-state index contributed by atoms with van der Waals surface area (Å²) in [4.78, 5) is 26.9. The summed E-state index contributed by atoms with van der Waals surface area (Å²) in [5.41, 5.74) is 0. The molecule has 2 N–H and O–H groups in total. The molecule has 118 valence electrons. The third-order valence-corrected chi connectivity index (χ3v) is 3.99. The van der Waals surface area contributed by atoms with E-state index in [1.165, 1.54) is 0 Å². The van der Waals surface area contributed by atoms with Crippen molar-refractivity contribution in [3.05, 3.63) is 0 Å². The minimum absolute atomic E-state index is 0.121. The van der Waals surface area contributed by atoms with Crippen molar-refractivity contribution < 1.29 is 14.3 Å². The Morgan fingerprint density at radius 3 is 2.90 bits per heavy atom. The lowest BCUT2D eigenvalue weighted by Crippen LogP contribution is -2.29. The number of aromatic nitrogens is 2. The van der Waals surface area contributed by atoms with Gasteiger partial charge in [0.25, 0.3) is 0 Å². The second-order valence-electron chi connectivity index (χ2n) is 4.01. The monoisotopic (exact) mass is 332 g/mol. The molecular weight excluding hydrogens is 312 g/mol. The number of nitrogens with zero attached hydrogens (tertiary/aromatic N) is 2. The van der Waals surface area contributed by atoms with Crippen LogP contribution in [0, 0.1) is 0 Å². The van der Waals surface area contributed by atoms with Gasteiger partial charge in [0.15, 0.2) is 0 Å². The van der Waals surface area contributed by atoms with Crippen molar-refractivity contribution in [3.8, 4) is 0 Å². The van der Waals surface area contributed by atoms with E-state index in [2.05, 4.69) is 26.9 Å². The van der Waals surface area contributed by atoms with Crippen molar-refractivity contribution in [1.82, 2.24) is 14.7 Å². The first kappa shape index (κ1) is 17.9. The molecule has 1 aromatic rings. The number of ether oxygens (including phenoxy) is 1. The lowest BCUT2D eigenvalue weighted by molar-refractivity contribution is -0.143. The van der Waals surface area contributed by atoms with Crippen molar-refractivity contribution in [1.29, 1.82) is 0 Å². The van der Waals surface area contributed by atoms with Crippen LogP contribution in [0.15, 0.2) is 5.16 Å². The molecule has 0 aliphatic heterocycles. The predicted molar refractivity (Wildman–Crippen MR) is 83.7 cm³/mol. The zero-order chi connectivity index (χ0) is 15.5. The molecule has 0 fully saturated rings. The molecule has 0 spiro atoms. The second kappa shape index (κ2) is 10.5. The molecule has 21 heavy (non-hydrogen) atoms. The van der Waals surface area contributed by atoms with E-state index in [0.717, 1.165) is 23.7 Å². The van der Waals surface area contributed by atoms with Crippen LogP contribution in [0.25, 0.3) is 0 Å². The Hall–Kier alpha value is -1.19. The van der Waals surface area contributed by atoms with Crippen LogP contribution in [-0.4, -0.2) is 46.7 Å². The van der Waals surface area contributed by atoms with Crippen LogP contribution < -0.4 is 10.6 Å². The Bertz CT molecular complexity index is 453. The van der Waals surface area contributed by atoms with Gasteiger partial charge in [-0.1, -0.05) is 18.7 Å². The maximum Gasteiger partial charge on any atom is 0.307 e. The van der Waals surface area contributed by atoms with Crippen molar-refractivity contribution >= 4 is 40.3 Å². The summed E-state index contributed by atoms with van der Waals surface area (Å²) in [7, 11) is 0. The number of carbonyl (C=O) groups excluding carboxylic acids is 2. The average molecular weight is 332 g/mol. The molecule has 0 atom stereocenters. The number of nitrogens with one attached hydrogen (secondary N) is 2. The fourth-order valence-corrected chi connectivity index (χ4v) is 2.72. The molecular formula is C12H20N4O3S2. The van der Waals surface area contributed by atoms with Crippen molar-refractivity contribution in [2.24, 2.45) is 0 Å². The number of amides is 1. The summed E-state index contributed by atoms with van der Waals surface area (Å²) >= 11 is 2.73. The van der Waals surface area contributed by atoms with Crippen LogP contribution in [0.1, 0.15) is 26.7 Å².